The van der Waals surface area contributed by atoms with Crippen LogP contribution in [-0.2, 0) is 0 Å². The first-order valence-corrected chi connectivity index (χ1v) is 5.62. The van der Waals surface area contributed by atoms with Gasteiger partial charge in [-0.3, -0.25) is 0 Å². The van der Waals surface area contributed by atoms with Crippen molar-refractivity contribution in [1.29, 1.82) is 0 Å². The summed E-state index contributed by atoms with van der Waals surface area (Å²) in [7, 11) is 0. The van der Waals surface area contributed by atoms with Gasteiger partial charge in [0.15, 0.2) is 11.6 Å². The molecule has 0 atom stereocenters. The van der Waals surface area contributed by atoms with Crippen LogP contribution in [0.5, 0.6) is 0 Å². The van der Waals surface area contributed by atoms with Crippen molar-refractivity contribution >= 4 is 44.9 Å². The highest BCUT2D eigenvalue weighted by Gasteiger charge is 2.05. The van der Waals surface area contributed by atoms with Crippen molar-refractivity contribution in [3.8, 4) is 0 Å². The van der Waals surface area contributed by atoms with Gasteiger partial charge >= 0.3 is 0 Å². The van der Waals surface area contributed by atoms with Crippen molar-refractivity contribution in [2.45, 2.75) is 0 Å². The van der Waals surface area contributed by atoms with Gasteiger partial charge in [0.1, 0.15) is 0 Å². The first-order chi connectivity index (χ1) is 7.66. The average molecular weight is 300 g/mol. The van der Waals surface area contributed by atoms with E-state index in [-0.39, 0.29) is 0 Å². The SMILES string of the molecule is Nc1nccnc1Nc1cc(Br)ccc1Cl. The van der Waals surface area contributed by atoms with Gasteiger partial charge in [-0.1, -0.05) is 27.5 Å². The summed E-state index contributed by atoms with van der Waals surface area (Å²) < 4.78 is 0.918. The second-order valence-electron chi connectivity index (χ2n) is 3.04. The van der Waals surface area contributed by atoms with Gasteiger partial charge in [0, 0.05) is 16.9 Å². The molecule has 0 bridgehead atoms. The Morgan fingerprint density at radius 2 is 2.00 bits per heavy atom. The second kappa shape index (κ2) is 4.67. The quantitative estimate of drug-likeness (QED) is 0.893. The number of hydrogen-bond donors (Lipinski definition) is 2. The Balaban J connectivity index is 2.34. The fourth-order valence-corrected chi connectivity index (χ4v) is 1.69. The van der Waals surface area contributed by atoms with Gasteiger partial charge in [-0.05, 0) is 18.2 Å². The number of hydrogen-bond acceptors (Lipinski definition) is 4. The highest BCUT2D eigenvalue weighted by atomic mass is 79.9. The third-order valence-corrected chi connectivity index (χ3v) is 2.73. The molecule has 0 unspecified atom stereocenters. The van der Waals surface area contributed by atoms with Crippen molar-refractivity contribution in [1.82, 2.24) is 9.97 Å². The maximum absolute atomic E-state index is 6.03. The van der Waals surface area contributed by atoms with E-state index in [1.165, 1.54) is 6.20 Å². The molecule has 16 heavy (non-hydrogen) atoms. The minimum atomic E-state index is 0.332. The molecule has 1 aromatic carbocycles. The molecule has 4 nitrogen and oxygen atoms in total. The fraction of sp³-hybridized carbons (Fsp3) is 0. The average Bonchev–Trinajstić information content (AvgIpc) is 2.27. The lowest BCUT2D eigenvalue weighted by Crippen LogP contribution is -2.01. The maximum atomic E-state index is 6.03. The third kappa shape index (κ3) is 2.43. The van der Waals surface area contributed by atoms with E-state index in [1.54, 1.807) is 12.3 Å². The summed E-state index contributed by atoms with van der Waals surface area (Å²) in [5.74, 6) is 0.820. The summed E-state index contributed by atoms with van der Waals surface area (Å²) in [5, 5.41) is 3.61. The van der Waals surface area contributed by atoms with Crippen LogP contribution in [-0.4, -0.2) is 9.97 Å². The van der Waals surface area contributed by atoms with Crippen LogP contribution in [0.1, 0.15) is 0 Å². The van der Waals surface area contributed by atoms with Crippen LogP contribution in [0.4, 0.5) is 17.3 Å². The lowest BCUT2D eigenvalue weighted by atomic mass is 10.3. The van der Waals surface area contributed by atoms with Crippen LogP contribution in [0.2, 0.25) is 5.02 Å². The van der Waals surface area contributed by atoms with Gasteiger partial charge in [0.05, 0.1) is 10.7 Å². The Kier molecular flexibility index (Phi) is 3.26. The first kappa shape index (κ1) is 11.2. The molecule has 2 rings (SSSR count). The first-order valence-electron chi connectivity index (χ1n) is 4.45. The van der Waals surface area contributed by atoms with Gasteiger partial charge in [-0.15, -0.1) is 0 Å². The summed E-state index contributed by atoms with van der Waals surface area (Å²) in [6.45, 7) is 0. The number of rotatable bonds is 2. The summed E-state index contributed by atoms with van der Waals surface area (Å²) in [5.41, 5.74) is 6.39. The van der Waals surface area contributed by atoms with Crippen molar-refractivity contribution in [2.24, 2.45) is 0 Å². The Bertz CT molecular complexity index is 518. The molecule has 0 amide bonds. The summed E-state index contributed by atoms with van der Waals surface area (Å²) in [4.78, 5) is 8.00. The van der Waals surface area contributed by atoms with Crippen LogP contribution in [0, 0.1) is 0 Å². The second-order valence-corrected chi connectivity index (χ2v) is 4.36. The number of nitrogen functional groups attached to an aromatic ring is 1. The van der Waals surface area contributed by atoms with E-state index in [0.29, 0.717) is 16.7 Å². The normalized spacial score (nSPS) is 10.1. The molecule has 0 saturated heterocycles. The molecule has 0 fully saturated rings. The van der Waals surface area contributed by atoms with E-state index in [2.05, 4.69) is 31.2 Å². The van der Waals surface area contributed by atoms with Gasteiger partial charge in [0.2, 0.25) is 0 Å². The number of nitrogens with one attached hydrogen (secondary N) is 1. The number of anilines is 3. The van der Waals surface area contributed by atoms with Crippen molar-refractivity contribution in [3.63, 3.8) is 0 Å². The standard InChI is InChI=1S/C10H8BrClN4/c11-6-1-2-7(12)8(5-6)16-10-9(13)14-3-4-15-10/h1-5H,(H2,13,14)(H,15,16). The third-order valence-electron chi connectivity index (χ3n) is 1.91. The predicted molar refractivity (Wildman–Crippen MR) is 68.9 cm³/mol. The van der Waals surface area contributed by atoms with Crippen molar-refractivity contribution in [2.75, 3.05) is 11.1 Å². The zero-order chi connectivity index (χ0) is 11.5. The number of aromatic nitrogens is 2. The molecule has 0 aliphatic carbocycles. The highest BCUT2D eigenvalue weighted by Crippen LogP contribution is 2.28. The topological polar surface area (TPSA) is 63.8 Å². The van der Waals surface area contributed by atoms with E-state index in [9.17, 15) is 0 Å². The summed E-state index contributed by atoms with van der Waals surface area (Å²) in [6, 6.07) is 5.48. The van der Waals surface area contributed by atoms with E-state index in [0.717, 1.165) is 10.2 Å². The molecular weight excluding hydrogens is 291 g/mol. The summed E-state index contributed by atoms with van der Waals surface area (Å²) >= 11 is 9.39. The van der Waals surface area contributed by atoms with Crippen LogP contribution in [0.3, 0.4) is 0 Å². The molecule has 0 spiro atoms. The zero-order valence-corrected chi connectivity index (χ0v) is 10.5. The molecule has 0 aliphatic rings. The number of halogens is 2. The molecule has 1 aromatic heterocycles. The Morgan fingerprint density at radius 1 is 1.25 bits per heavy atom. The lowest BCUT2D eigenvalue weighted by Gasteiger charge is -2.08. The Hall–Kier alpha value is -1.33. The summed E-state index contributed by atoms with van der Waals surface area (Å²) in [6.07, 6.45) is 3.09. The monoisotopic (exact) mass is 298 g/mol. The lowest BCUT2D eigenvalue weighted by molar-refractivity contribution is 1.21. The van der Waals surface area contributed by atoms with Crippen LogP contribution < -0.4 is 11.1 Å². The van der Waals surface area contributed by atoms with Crippen LogP contribution in [0.15, 0.2) is 35.1 Å². The molecule has 3 N–H and O–H groups in total. The molecule has 0 aliphatic heterocycles. The highest BCUT2D eigenvalue weighted by molar-refractivity contribution is 9.10. The van der Waals surface area contributed by atoms with E-state index in [1.807, 2.05) is 12.1 Å². The Labute approximate surface area is 106 Å². The largest absolute Gasteiger partial charge is 0.381 e. The molecule has 1 heterocycles. The number of nitrogens with zero attached hydrogens (tertiary/aromatic N) is 2. The number of benzene rings is 1. The minimum absolute atomic E-state index is 0.332. The van der Waals surface area contributed by atoms with Crippen molar-refractivity contribution in [3.05, 3.63) is 40.1 Å². The molecule has 6 heteroatoms. The fourth-order valence-electron chi connectivity index (χ4n) is 1.17. The Morgan fingerprint density at radius 3 is 2.75 bits per heavy atom. The van der Waals surface area contributed by atoms with E-state index in [4.69, 9.17) is 17.3 Å². The van der Waals surface area contributed by atoms with Gasteiger partial charge in [0.25, 0.3) is 0 Å². The minimum Gasteiger partial charge on any atom is -0.381 e. The molecule has 0 saturated carbocycles. The van der Waals surface area contributed by atoms with E-state index < -0.39 is 0 Å². The molecule has 82 valence electrons. The van der Waals surface area contributed by atoms with E-state index >= 15 is 0 Å². The molecule has 0 radical (unpaired) electrons. The van der Waals surface area contributed by atoms with Gasteiger partial charge < -0.3 is 11.1 Å². The molecule has 2 aromatic rings. The maximum Gasteiger partial charge on any atom is 0.173 e. The van der Waals surface area contributed by atoms with Crippen LogP contribution in [0.25, 0.3) is 0 Å². The predicted octanol–water partition coefficient (Wildman–Crippen LogP) is 3.22. The van der Waals surface area contributed by atoms with Crippen LogP contribution >= 0.6 is 27.5 Å². The van der Waals surface area contributed by atoms with Crippen molar-refractivity contribution < 1.29 is 0 Å². The molecular formula is C10H8BrClN4. The van der Waals surface area contributed by atoms with Gasteiger partial charge in [-0.25, -0.2) is 9.97 Å². The number of nitrogens with two attached hydrogens (primary N) is 1. The smallest absolute Gasteiger partial charge is 0.173 e. The zero-order valence-electron chi connectivity index (χ0n) is 8.11. The van der Waals surface area contributed by atoms with Gasteiger partial charge in [-0.2, -0.15) is 0 Å².